The molecule has 1 amide bonds. The first-order valence-corrected chi connectivity index (χ1v) is 5.09. The van der Waals surface area contributed by atoms with Crippen molar-refractivity contribution >= 4 is 5.91 Å². The summed E-state index contributed by atoms with van der Waals surface area (Å²) in [7, 11) is 0. The molecule has 1 aliphatic heterocycles. The quantitative estimate of drug-likeness (QED) is 0.641. The van der Waals surface area contributed by atoms with Gasteiger partial charge in [-0.15, -0.1) is 6.58 Å². The molecule has 0 radical (unpaired) electrons. The average molecular weight is 194 g/mol. The molecule has 2 N–H and O–H groups in total. The van der Waals surface area contributed by atoms with E-state index in [9.17, 15) is 4.79 Å². The second-order valence-corrected chi connectivity index (χ2v) is 3.41. The molecule has 0 aromatic heterocycles. The summed E-state index contributed by atoms with van der Waals surface area (Å²) >= 11 is 0. The Kier molecular flexibility index (Phi) is 5.00. The van der Waals surface area contributed by atoms with Gasteiger partial charge in [0, 0.05) is 19.5 Å². The van der Waals surface area contributed by atoms with E-state index in [1.165, 1.54) is 5.57 Å². The molecule has 3 nitrogen and oxygen atoms in total. The Morgan fingerprint density at radius 1 is 1.71 bits per heavy atom. The summed E-state index contributed by atoms with van der Waals surface area (Å²) in [6, 6.07) is 0. The monoisotopic (exact) mass is 194 g/mol. The fourth-order valence-corrected chi connectivity index (χ4v) is 1.46. The van der Waals surface area contributed by atoms with Crippen molar-refractivity contribution in [2.75, 3.05) is 19.6 Å². The van der Waals surface area contributed by atoms with Crippen molar-refractivity contribution < 1.29 is 4.79 Å². The highest BCUT2D eigenvalue weighted by molar-refractivity contribution is 5.77. The lowest BCUT2D eigenvalue weighted by Crippen LogP contribution is -2.26. The Labute approximate surface area is 85.3 Å². The van der Waals surface area contributed by atoms with E-state index in [1.807, 2.05) is 0 Å². The highest BCUT2D eigenvalue weighted by atomic mass is 16.1. The Balaban J connectivity index is 2.11. The lowest BCUT2D eigenvalue weighted by molar-refractivity contribution is -0.120. The number of nitrogens with one attached hydrogen (secondary N) is 2. The van der Waals surface area contributed by atoms with Crippen molar-refractivity contribution in [3.8, 4) is 0 Å². The summed E-state index contributed by atoms with van der Waals surface area (Å²) in [5, 5.41) is 6.12. The van der Waals surface area contributed by atoms with Gasteiger partial charge in [0.25, 0.3) is 0 Å². The van der Waals surface area contributed by atoms with E-state index in [4.69, 9.17) is 0 Å². The molecule has 0 saturated heterocycles. The van der Waals surface area contributed by atoms with Gasteiger partial charge in [-0.3, -0.25) is 4.79 Å². The van der Waals surface area contributed by atoms with Crippen molar-refractivity contribution in [1.29, 1.82) is 0 Å². The number of carbonyl (C=O) groups is 1. The van der Waals surface area contributed by atoms with Gasteiger partial charge in [0.2, 0.25) is 5.91 Å². The van der Waals surface area contributed by atoms with E-state index in [-0.39, 0.29) is 5.91 Å². The number of hydrogen-bond donors (Lipinski definition) is 2. The number of hydrogen-bond acceptors (Lipinski definition) is 2. The molecule has 0 saturated carbocycles. The lowest BCUT2D eigenvalue weighted by atomic mass is 10.1. The summed E-state index contributed by atoms with van der Waals surface area (Å²) in [5.41, 5.74) is 1.45. The van der Waals surface area contributed by atoms with Crippen molar-refractivity contribution in [2.24, 2.45) is 0 Å². The van der Waals surface area contributed by atoms with Crippen molar-refractivity contribution in [2.45, 2.75) is 19.3 Å². The van der Waals surface area contributed by atoms with Gasteiger partial charge < -0.3 is 10.6 Å². The van der Waals surface area contributed by atoms with E-state index >= 15 is 0 Å². The van der Waals surface area contributed by atoms with Crippen LogP contribution in [0.15, 0.2) is 24.3 Å². The first-order valence-electron chi connectivity index (χ1n) is 5.09. The van der Waals surface area contributed by atoms with Crippen LogP contribution in [0, 0.1) is 0 Å². The van der Waals surface area contributed by atoms with Crippen LogP contribution in [-0.4, -0.2) is 25.5 Å². The standard InChI is InChI=1S/C11H18N2O/c1-2-3-11(14)13-9-6-10-4-7-12-8-5-10/h2,4,12H,1,3,5-9H2,(H,13,14). The van der Waals surface area contributed by atoms with Crippen LogP contribution < -0.4 is 10.6 Å². The minimum atomic E-state index is 0.0644. The molecule has 78 valence electrons. The Hall–Kier alpha value is -1.09. The van der Waals surface area contributed by atoms with Crippen molar-refractivity contribution in [3.05, 3.63) is 24.3 Å². The fraction of sp³-hybridized carbons (Fsp3) is 0.545. The molecule has 0 unspecified atom stereocenters. The molecule has 3 heteroatoms. The van der Waals surface area contributed by atoms with E-state index in [1.54, 1.807) is 6.08 Å². The zero-order valence-electron chi connectivity index (χ0n) is 8.51. The summed E-state index contributed by atoms with van der Waals surface area (Å²) in [5.74, 6) is 0.0644. The van der Waals surface area contributed by atoms with Gasteiger partial charge in [-0.25, -0.2) is 0 Å². The molecule has 0 aromatic carbocycles. The molecule has 0 fully saturated rings. The molecular formula is C11H18N2O. The van der Waals surface area contributed by atoms with Gasteiger partial charge in [-0.2, -0.15) is 0 Å². The van der Waals surface area contributed by atoms with E-state index in [0.717, 1.165) is 32.5 Å². The lowest BCUT2D eigenvalue weighted by Gasteiger charge is -2.13. The summed E-state index contributed by atoms with van der Waals surface area (Å²) in [6.07, 6.45) is 6.34. The van der Waals surface area contributed by atoms with E-state index in [2.05, 4.69) is 23.3 Å². The van der Waals surface area contributed by atoms with Crippen LogP contribution in [0.4, 0.5) is 0 Å². The first-order chi connectivity index (χ1) is 6.83. The molecule has 1 aliphatic rings. The molecule has 1 heterocycles. The zero-order chi connectivity index (χ0) is 10.2. The Morgan fingerprint density at radius 2 is 2.57 bits per heavy atom. The summed E-state index contributed by atoms with van der Waals surface area (Å²) in [6.45, 7) is 6.30. The van der Waals surface area contributed by atoms with Crippen molar-refractivity contribution in [3.63, 3.8) is 0 Å². The number of rotatable bonds is 5. The van der Waals surface area contributed by atoms with Gasteiger partial charge in [0.05, 0.1) is 0 Å². The molecule has 0 aliphatic carbocycles. The third-order valence-electron chi connectivity index (χ3n) is 2.26. The zero-order valence-corrected chi connectivity index (χ0v) is 8.51. The predicted octanol–water partition coefficient (Wildman–Crippen LogP) is 0.988. The highest BCUT2D eigenvalue weighted by Gasteiger charge is 2.03. The van der Waals surface area contributed by atoms with Crippen LogP contribution in [0.2, 0.25) is 0 Å². The molecule has 0 aromatic rings. The second-order valence-electron chi connectivity index (χ2n) is 3.41. The predicted molar refractivity (Wildman–Crippen MR) is 58.0 cm³/mol. The van der Waals surface area contributed by atoms with E-state index < -0.39 is 0 Å². The third kappa shape index (κ3) is 4.23. The summed E-state index contributed by atoms with van der Waals surface area (Å²) in [4.78, 5) is 11.1. The minimum absolute atomic E-state index is 0.0644. The van der Waals surface area contributed by atoms with Crippen LogP contribution in [0.25, 0.3) is 0 Å². The molecular weight excluding hydrogens is 176 g/mol. The highest BCUT2D eigenvalue weighted by Crippen LogP contribution is 2.07. The first kappa shape index (κ1) is 11.0. The van der Waals surface area contributed by atoms with Crippen LogP contribution in [0.3, 0.4) is 0 Å². The maximum Gasteiger partial charge on any atom is 0.223 e. The van der Waals surface area contributed by atoms with E-state index in [0.29, 0.717) is 6.42 Å². The van der Waals surface area contributed by atoms with Crippen LogP contribution in [0.5, 0.6) is 0 Å². The SMILES string of the molecule is C=CCC(=O)NCCC1=CCNCC1. The average Bonchev–Trinajstić information content (AvgIpc) is 2.20. The molecule has 14 heavy (non-hydrogen) atoms. The minimum Gasteiger partial charge on any atom is -0.356 e. The second kappa shape index (κ2) is 6.38. The van der Waals surface area contributed by atoms with Crippen LogP contribution in [-0.2, 0) is 4.79 Å². The van der Waals surface area contributed by atoms with Gasteiger partial charge in [0.1, 0.15) is 0 Å². The van der Waals surface area contributed by atoms with Gasteiger partial charge >= 0.3 is 0 Å². The smallest absolute Gasteiger partial charge is 0.223 e. The largest absolute Gasteiger partial charge is 0.356 e. The Morgan fingerprint density at radius 3 is 3.21 bits per heavy atom. The van der Waals surface area contributed by atoms with Crippen LogP contribution >= 0.6 is 0 Å². The number of carbonyl (C=O) groups excluding carboxylic acids is 1. The molecule has 0 bridgehead atoms. The molecule has 0 atom stereocenters. The van der Waals surface area contributed by atoms with Gasteiger partial charge in [-0.05, 0) is 19.4 Å². The maximum atomic E-state index is 11.1. The van der Waals surface area contributed by atoms with Gasteiger partial charge in [0.15, 0.2) is 0 Å². The van der Waals surface area contributed by atoms with Crippen molar-refractivity contribution in [1.82, 2.24) is 10.6 Å². The normalized spacial score (nSPS) is 15.9. The number of amides is 1. The molecule has 0 spiro atoms. The summed E-state index contributed by atoms with van der Waals surface area (Å²) < 4.78 is 0. The van der Waals surface area contributed by atoms with Crippen LogP contribution in [0.1, 0.15) is 19.3 Å². The Bertz CT molecular complexity index is 233. The third-order valence-corrected chi connectivity index (χ3v) is 2.26. The maximum absolute atomic E-state index is 11.1. The molecule has 1 rings (SSSR count). The fourth-order valence-electron chi connectivity index (χ4n) is 1.46. The van der Waals surface area contributed by atoms with Gasteiger partial charge in [-0.1, -0.05) is 17.7 Å². The topological polar surface area (TPSA) is 41.1 Å².